The summed E-state index contributed by atoms with van der Waals surface area (Å²) < 4.78 is 5.16. The van der Waals surface area contributed by atoms with E-state index in [9.17, 15) is 4.79 Å². The van der Waals surface area contributed by atoms with Gasteiger partial charge in [0.05, 0.1) is 18.5 Å². The van der Waals surface area contributed by atoms with Gasteiger partial charge in [0.1, 0.15) is 5.76 Å². The normalized spacial score (nSPS) is 12.5. The van der Waals surface area contributed by atoms with E-state index in [4.69, 9.17) is 21.1 Å². The van der Waals surface area contributed by atoms with Crippen LogP contribution in [0.15, 0.2) is 16.5 Å². The smallest absolute Gasteiger partial charge is 0.287 e. The molecule has 0 aliphatic carbocycles. The Bertz CT molecular complexity index is 320. The van der Waals surface area contributed by atoms with Gasteiger partial charge in [0, 0.05) is 0 Å². The molecule has 0 bridgehead atoms. The molecule has 1 atom stereocenters. The van der Waals surface area contributed by atoms with Crippen LogP contribution in [0.4, 0.5) is 0 Å². The largest absolute Gasteiger partial charge is 0.455 e. The molecule has 0 aliphatic rings. The van der Waals surface area contributed by atoms with E-state index in [1.165, 1.54) is 0 Å². The summed E-state index contributed by atoms with van der Waals surface area (Å²) >= 11 is 5.54. The number of furan rings is 1. The summed E-state index contributed by atoms with van der Waals surface area (Å²) in [7, 11) is 0. The van der Waals surface area contributed by atoms with Gasteiger partial charge < -0.3 is 14.8 Å². The molecule has 84 valence electrons. The first-order valence-electron chi connectivity index (χ1n) is 4.77. The van der Waals surface area contributed by atoms with Crippen LogP contribution in [-0.2, 0) is 5.88 Å². The van der Waals surface area contributed by atoms with Gasteiger partial charge in [0.2, 0.25) is 0 Å². The molecule has 1 heterocycles. The Kier molecular flexibility index (Phi) is 4.65. The van der Waals surface area contributed by atoms with Crippen LogP contribution in [-0.4, -0.2) is 23.7 Å². The Balaban J connectivity index is 2.60. The lowest BCUT2D eigenvalue weighted by atomic mass is 10.2. The molecule has 0 spiro atoms. The van der Waals surface area contributed by atoms with Crippen LogP contribution in [0.5, 0.6) is 0 Å². The lowest BCUT2D eigenvalue weighted by molar-refractivity contribution is 0.0885. The second-order valence-corrected chi connectivity index (χ2v) is 3.43. The predicted octanol–water partition coefficient (Wildman–Crippen LogP) is 1.52. The summed E-state index contributed by atoms with van der Waals surface area (Å²) in [6.07, 6.45) is 0.672. The molecule has 4 nitrogen and oxygen atoms in total. The second kappa shape index (κ2) is 5.78. The van der Waals surface area contributed by atoms with Gasteiger partial charge in [-0.25, -0.2) is 0 Å². The molecule has 1 amide bonds. The van der Waals surface area contributed by atoms with Crippen molar-refractivity contribution in [3.8, 4) is 0 Å². The van der Waals surface area contributed by atoms with Gasteiger partial charge >= 0.3 is 0 Å². The highest BCUT2D eigenvalue weighted by atomic mass is 35.5. The van der Waals surface area contributed by atoms with Gasteiger partial charge in [-0.2, -0.15) is 0 Å². The first-order chi connectivity index (χ1) is 7.21. The van der Waals surface area contributed by atoms with Crippen LogP contribution in [0.2, 0.25) is 0 Å². The van der Waals surface area contributed by atoms with Crippen molar-refractivity contribution >= 4 is 17.5 Å². The van der Waals surface area contributed by atoms with Crippen molar-refractivity contribution < 1.29 is 14.3 Å². The zero-order valence-electron chi connectivity index (χ0n) is 8.50. The third-order valence-corrected chi connectivity index (χ3v) is 2.33. The number of alkyl halides is 1. The molecule has 5 heteroatoms. The summed E-state index contributed by atoms with van der Waals surface area (Å²) in [5, 5.41) is 11.6. The highest BCUT2D eigenvalue weighted by Crippen LogP contribution is 2.10. The number of rotatable bonds is 5. The quantitative estimate of drug-likeness (QED) is 0.756. The van der Waals surface area contributed by atoms with Crippen molar-refractivity contribution in [3.05, 3.63) is 23.7 Å². The fraction of sp³-hybridized carbons (Fsp3) is 0.500. The summed E-state index contributed by atoms with van der Waals surface area (Å²) in [4.78, 5) is 11.5. The minimum Gasteiger partial charge on any atom is -0.455 e. The van der Waals surface area contributed by atoms with Crippen molar-refractivity contribution in [2.75, 3.05) is 6.61 Å². The summed E-state index contributed by atoms with van der Waals surface area (Å²) in [5.41, 5.74) is 0. The van der Waals surface area contributed by atoms with E-state index in [1.54, 1.807) is 12.1 Å². The maximum Gasteiger partial charge on any atom is 0.287 e. The summed E-state index contributed by atoms with van der Waals surface area (Å²) in [6.45, 7) is 1.80. The number of halogens is 1. The lowest BCUT2D eigenvalue weighted by Crippen LogP contribution is -2.36. The molecule has 0 aliphatic heterocycles. The first kappa shape index (κ1) is 12.1. The van der Waals surface area contributed by atoms with E-state index in [0.29, 0.717) is 12.2 Å². The maximum atomic E-state index is 11.5. The van der Waals surface area contributed by atoms with Crippen molar-refractivity contribution in [2.24, 2.45) is 0 Å². The van der Waals surface area contributed by atoms with Gasteiger partial charge in [-0.15, -0.1) is 11.6 Å². The number of carbonyl (C=O) groups is 1. The maximum absolute atomic E-state index is 11.5. The molecule has 2 N–H and O–H groups in total. The van der Waals surface area contributed by atoms with Crippen molar-refractivity contribution in [1.82, 2.24) is 5.32 Å². The van der Waals surface area contributed by atoms with Gasteiger partial charge in [0.15, 0.2) is 5.76 Å². The van der Waals surface area contributed by atoms with Crippen LogP contribution in [0.25, 0.3) is 0 Å². The fourth-order valence-electron chi connectivity index (χ4n) is 1.11. The Morgan fingerprint density at radius 2 is 2.40 bits per heavy atom. The minimum absolute atomic E-state index is 0.0781. The highest BCUT2D eigenvalue weighted by molar-refractivity contribution is 6.16. The average molecular weight is 232 g/mol. The van der Waals surface area contributed by atoms with Crippen LogP contribution in [0, 0.1) is 0 Å². The molecule has 0 saturated heterocycles. The van der Waals surface area contributed by atoms with Gasteiger partial charge in [-0.1, -0.05) is 6.92 Å². The Hall–Kier alpha value is -1.00. The molecule has 1 unspecified atom stereocenters. The van der Waals surface area contributed by atoms with E-state index < -0.39 is 0 Å². The van der Waals surface area contributed by atoms with Crippen LogP contribution >= 0.6 is 11.6 Å². The predicted molar refractivity (Wildman–Crippen MR) is 56.9 cm³/mol. The molecule has 0 saturated carbocycles. The second-order valence-electron chi connectivity index (χ2n) is 3.16. The number of carbonyl (C=O) groups excluding carboxylic acids is 1. The number of nitrogens with one attached hydrogen (secondary N) is 1. The summed E-state index contributed by atoms with van der Waals surface area (Å²) in [5.74, 6) is 0.688. The molecule has 1 aromatic heterocycles. The minimum atomic E-state index is -0.327. The van der Waals surface area contributed by atoms with Crippen LogP contribution in [0.1, 0.15) is 29.7 Å². The molecule has 0 fully saturated rings. The lowest BCUT2D eigenvalue weighted by Gasteiger charge is -2.12. The third-order valence-electron chi connectivity index (χ3n) is 2.07. The molecule has 15 heavy (non-hydrogen) atoms. The van der Waals surface area contributed by atoms with E-state index in [-0.39, 0.29) is 30.2 Å². The van der Waals surface area contributed by atoms with E-state index in [0.717, 1.165) is 0 Å². The number of aliphatic hydroxyl groups is 1. The van der Waals surface area contributed by atoms with Gasteiger partial charge in [-0.05, 0) is 18.6 Å². The molecule has 0 aromatic carbocycles. The highest BCUT2D eigenvalue weighted by Gasteiger charge is 2.14. The SMILES string of the molecule is CCC(CO)NC(=O)c1ccc(CCl)o1. The number of aliphatic hydroxyl groups excluding tert-OH is 1. The van der Waals surface area contributed by atoms with Crippen LogP contribution < -0.4 is 5.32 Å². The number of hydrogen-bond donors (Lipinski definition) is 2. The van der Waals surface area contributed by atoms with Gasteiger partial charge in [0.25, 0.3) is 5.91 Å². The van der Waals surface area contributed by atoms with Crippen molar-refractivity contribution in [2.45, 2.75) is 25.3 Å². The molecule has 1 aromatic rings. The average Bonchev–Trinajstić information content (AvgIpc) is 2.74. The fourth-order valence-corrected chi connectivity index (χ4v) is 1.25. The Labute approximate surface area is 93.2 Å². The number of amides is 1. The van der Waals surface area contributed by atoms with E-state index >= 15 is 0 Å². The zero-order valence-corrected chi connectivity index (χ0v) is 9.25. The Morgan fingerprint density at radius 1 is 1.67 bits per heavy atom. The third kappa shape index (κ3) is 3.25. The van der Waals surface area contributed by atoms with E-state index in [2.05, 4.69) is 5.32 Å². The molecule has 0 radical (unpaired) electrons. The van der Waals surface area contributed by atoms with Crippen molar-refractivity contribution in [1.29, 1.82) is 0 Å². The molecular weight excluding hydrogens is 218 g/mol. The topological polar surface area (TPSA) is 62.5 Å². The van der Waals surface area contributed by atoms with E-state index in [1.807, 2.05) is 6.92 Å². The standard InChI is InChI=1S/C10H14ClNO3/c1-2-7(6-13)12-10(14)9-4-3-8(5-11)15-9/h3-4,7,13H,2,5-6H2,1H3,(H,12,14). The van der Waals surface area contributed by atoms with Crippen LogP contribution in [0.3, 0.4) is 0 Å². The Morgan fingerprint density at radius 3 is 2.87 bits per heavy atom. The summed E-state index contributed by atoms with van der Waals surface area (Å²) in [6, 6.07) is 2.99. The van der Waals surface area contributed by atoms with Gasteiger partial charge in [-0.3, -0.25) is 4.79 Å². The van der Waals surface area contributed by atoms with Crippen molar-refractivity contribution in [3.63, 3.8) is 0 Å². The molecule has 1 rings (SSSR count). The number of hydrogen-bond acceptors (Lipinski definition) is 3. The molecular formula is C10H14ClNO3. The zero-order chi connectivity index (χ0) is 11.3. The monoisotopic (exact) mass is 231 g/mol. The first-order valence-corrected chi connectivity index (χ1v) is 5.31.